The van der Waals surface area contributed by atoms with E-state index in [1.54, 1.807) is 0 Å². The van der Waals surface area contributed by atoms with Crippen LogP contribution in [0.15, 0.2) is 71.8 Å². The molecule has 3 aliphatic heterocycles. The summed E-state index contributed by atoms with van der Waals surface area (Å²) in [6.07, 6.45) is 0. The molecule has 3 heterocycles. The van der Waals surface area contributed by atoms with E-state index >= 15 is 0 Å². The molecule has 140 valence electrons. The molecule has 0 unspecified atom stereocenters. The highest BCUT2D eigenvalue weighted by Gasteiger charge is 2.26. The molecule has 0 aliphatic carbocycles. The Hall–Kier alpha value is -3.08. The van der Waals surface area contributed by atoms with E-state index in [9.17, 15) is 0 Å². The van der Waals surface area contributed by atoms with E-state index in [1.807, 2.05) is 54.6 Å². The lowest BCUT2D eigenvalue weighted by Gasteiger charge is -2.25. The highest BCUT2D eigenvalue weighted by Crippen LogP contribution is 2.42. The van der Waals surface area contributed by atoms with Gasteiger partial charge in [0.1, 0.15) is 11.6 Å². The number of pyridine rings is 1. The number of aromatic nitrogens is 2. The standard InChI is InChI=1S/C23H14Cl2N4/c24-14-7-5-13(6-8-14)20-12-29-22(28-27-20)17-4-2-1-3-16(17)21-18-11-15(25)9-10-19(18)26-23(21)29/h1-11,28H,12H2. The van der Waals surface area contributed by atoms with Crippen molar-refractivity contribution in [1.29, 1.82) is 0 Å². The maximum absolute atomic E-state index is 6.31. The van der Waals surface area contributed by atoms with Crippen molar-refractivity contribution < 1.29 is 0 Å². The van der Waals surface area contributed by atoms with Gasteiger partial charge in [-0.1, -0.05) is 59.6 Å². The predicted molar refractivity (Wildman–Crippen MR) is 120 cm³/mol. The van der Waals surface area contributed by atoms with E-state index in [2.05, 4.69) is 27.2 Å². The van der Waals surface area contributed by atoms with Crippen LogP contribution in [-0.4, -0.2) is 15.3 Å². The van der Waals surface area contributed by atoms with Crippen molar-refractivity contribution in [3.63, 3.8) is 0 Å². The van der Waals surface area contributed by atoms with Crippen LogP contribution in [0.5, 0.6) is 0 Å². The molecule has 6 rings (SSSR count). The fourth-order valence-corrected chi connectivity index (χ4v) is 4.39. The SMILES string of the molecule is Clc1ccc(C2=NNc3c4ccccc4c4c5cc(Cl)ccc5nc-4n3C2)cc1. The van der Waals surface area contributed by atoms with Crippen molar-refractivity contribution in [1.82, 2.24) is 9.55 Å². The topological polar surface area (TPSA) is 42.2 Å². The minimum Gasteiger partial charge on any atom is -0.304 e. The summed E-state index contributed by atoms with van der Waals surface area (Å²) >= 11 is 12.4. The molecule has 0 radical (unpaired) electrons. The number of benzene rings is 3. The Morgan fingerprint density at radius 3 is 2.41 bits per heavy atom. The normalized spacial score (nSPS) is 13.5. The van der Waals surface area contributed by atoms with Crippen molar-refractivity contribution in [2.45, 2.75) is 6.54 Å². The molecule has 0 amide bonds. The van der Waals surface area contributed by atoms with Gasteiger partial charge in [0.25, 0.3) is 0 Å². The van der Waals surface area contributed by atoms with Crippen LogP contribution < -0.4 is 5.43 Å². The van der Waals surface area contributed by atoms with Gasteiger partial charge in [0, 0.05) is 26.4 Å². The molecule has 0 aromatic heterocycles. The number of anilines is 1. The van der Waals surface area contributed by atoms with Gasteiger partial charge in [-0.25, -0.2) is 4.98 Å². The Balaban J connectivity index is 1.64. The average molecular weight is 417 g/mol. The highest BCUT2D eigenvalue weighted by molar-refractivity contribution is 6.32. The van der Waals surface area contributed by atoms with Crippen molar-refractivity contribution in [2.75, 3.05) is 5.43 Å². The molecule has 6 heteroatoms. The molecule has 4 nitrogen and oxygen atoms in total. The van der Waals surface area contributed by atoms with E-state index in [0.717, 1.165) is 50.2 Å². The minimum atomic E-state index is 0.613. The summed E-state index contributed by atoms with van der Waals surface area (Å²) < 4.78 is 2.20. The molecule has 0 atom stereocenters. The van der Waals surface area contributed by atoms with E-state index in [-0.39, 0.29) is 0 Å². The van der Waals surface area contributed by atoms with Gasteiger partial charge in [-0.2, -0.15) is 5.10 Å². The first-order chi connectivity index (χ1) is 14.2. The van der Waals surface area contributed by atoms with Crippen LogP contribution in [0.1, 0.15) is 5.56 Å². The van der Waals surface area contributed by atoms with E-state index in [4.69, 9.17) is 28.2 Å². The smallest absolute Gasteiger partial charge is 0.143 e. The van der Waals surface area contributed by atoms with E-state index in [1.165, 1.54) is 0 Å². The van der Waals surface area contributed by atoms with Gasteiger partial charge < -0.3 is 4.57 Å². The number of rotatable bonds is 1. The summed E-state index contributed by atoms with van der Waals surface area (Å²) in [7, 11) is 0. The second-order valence-corrected chi connectivity index (χ2v) is 8.00. The highest BCUT2D eigenvalue weighted by atomic mass is 35.5. The van der Waals surface area contributed by atoms with Crippen molar-refractivity contribution >= 4 is 56.4 Å². The first kappa shape index (κ1) is 16.8. The monoisotopic (exact) mass is 416 g/mol. The largest absolute Gasteiger partial charge is 0.304 e. The number of nitrogens with zero attached hydrogens (tertiary/aromatic N) is 3. The second kappa shape index (κ2) is 6.21. The number of hydrogen-bond acceptors (Lipinski definition) is 3. The Kier molecular flexibility index (Phi) is 3.60. The zero-order valence-corrected chi connectivity index (χ0v) is 16.7. The summed E-state index contributed by atoms with van der Waals surface area (Å²) in [6, 6.07) is 21.9. The molecule has 29 heavy (non-hydrogen) atoms. The van der Waals surface area contributed by atoms with E-state index < -0.39 is 0 Å². The molecule has 3 aliphatic rings. The van der Waals surface area contributed by atoms with Crippen LogP contribution in [0.3, 0.4) is 0 Å². The molecule has 0 saturated carbocycles. The molecule has 3 aromatic carbocycles. The number of hydrogen-bond donors (Lipinski definition) is 1. The molecule has 0 spiro atoms. The van der Waals surface area contributed by atoms with Gasteiger partial charge in [-0.15, -0.1) is 0 Å². The molecule has 0 saturated heterocycles. The lowest BCUT2D eigenvalue weighted by Crippen LogP contribution is -2.23. The van der Waals surface area contributed by atoms with Crippen LogP contribution in [0.2, 0.25) is 10.0 Å². The summed E-state index contributed by atoms with van der Waals surface area (Å²) in [5.74, 6) is 1.87. The summed E-state index contributed by atoms with van der Waals surface area (Å²) in [4.78, 5) is 4.95. The third kappa shape index (κ3) is 2.53. The summed E-state index contributed by atoms with van der Waals surface area (Å²) in [6.45, 7) is 0.613. The maximum Gasteiger partial charge on any atom is 0.143 e. The van der Waals surface area contributed by atoms with E-state index in [0.29, 0.717) is 16.6 Å². The molecular formula is C23H14Cl2N4. The van der Waals surface area contributed by atoms with Crippen LogP contribution in [-0.2, 0) is 6.54 Å². The van der Waals surface area contributed by atoms with Crippen molar-refractivity contribution in [2.24, 2.45) is 5.10 Å². The van der Waals surface area contributed by atoms with Crippen LogP contribution >= 0.6 is 23.2 Å². The van der Waals surface area contributed by atoms with Gasteiger partial charge in [-0.3, -0.25) is 5.43 Å². The number of hydrazone groups is 1. The Labute approximate surface area is 176 Å². The molecular weight excluding hydrogens is 403 g/mol. The van der Waals surface area contributed by atoms with Crippen LogP contribution in [0.25, 0.3) is 33.1 Å². The fraction of sp³-hybridized carbons (Fsp3) is 0.0435. The zero-order chi connectivity index (χ0) is 19.5. The van der Waals surface area contributed by atoms with Gasteiger partial charge in [0.15, 0.2) is 0 Å². The van der Waals surface area contributed by atoms with Crippen LogP contribution in [0, 0.1) is 0 Å². The minimum absolute atomic E-state index is 0.613. The first-order valence-corrected chi connectivity index (χ1v) is 10.0. The predicted octanol–water partition coefficient (Wildman–Crippen LogP) is 6.43. The Morgan fingerprint density at radius 1 is 0.828 bits per heavy atom. The third-order valence-electron chi connectivity index (χ3n) is 5.44. The molecule has 1 N–H and O–H groups in total. The third-order valence-corrected chi connectivity index (χ3v) is 5.92. The molecule has 0 fully saturated rings. The fourth-order valence-electron chi connectivity index (χ4n) is 4.09. The zero-order valence-electron chi connectivity index (χ0n) is 15.2. The van der Waals surface area contributed by atoms with Crippen LogP contribution in [0.4, 0.5) is 5.82 Å². The maximum atomic E-state index is 6.31. The lowest BCUT2D eigenvalue weighted by atomic mass is 10.0. The van der Waals surface area contributed by atoms with Gasteiger partial charge >= 0.3 is 0 Å². The number of nitrogens with one attached hydrogen (secondary N) is 1. The average Bonchev–Trinajstić information content (AvgIpc) is 3.13. The van der Waals surface area contributed by atoms with Gasteiger partial charge in [0.05, 0.1) is 17.8 Å². The first-order valence-electron chi connectivity index (χ1n) is 9.28. The quantitative estimate of drug-likeness (QED) is 0.342. The molecule has 0 bridgehead atoms. The number of fused-ring (bicyclic) bond motifs is 8. The van der Waals surface area contributed by atoms with Crippen molar-refractivity contribution in [3.05, 3.63) is 82.3 Å². The number of halogens is 2. The second-order valence-electron chi connectivity index (χ2n) is 7.13. The van der Waals surface area contributed by atoms with Gasteiger partial charge in [0.2, 0.25) is 0 Å². The molecule has 3 aromatic rings. The van der Waals surface area contributed by atoms with Crippen molar-refractivity contribution in [3.8, 4) is 11.4 Å². The summed E-state index contributed by atoms with van der Waals surface area (Å²) in [5.41, 5.74) is 7.28. The van der Waals surface area contributed by atoms with Gasteiger partial charge in [-0.05, 0) is 41.3 Å². The Bertz CT molecular complexity index is 1420. The Morgan fingerprint density at radius 2 is 1.59 bits per heavy atom. The lowest BCUT2D eigenvalue weighted by molar-refractivity contribution is 0.823. The summed E-state index contributed by atoms with van der Waals surface area (Å²) in [5, 5.41) is 9.37.